The molecule has 0 radical (unpaired) electrons. The van der Waals surface area contributed by atoms with Gasteiger partial charge >= 0.3 is 7.23 Å². The Bertz CT molecular complexity index is 930. The summed E-state index contributed by atoms with van der Waals surface area (Å²) >= 11 is 3.76. The first-order valence-electron chi connectivity index (χ1n) is 8.17. The summed E-state index contributed by atoms with van der Waals surface area (Å²) in [4.78, 5) is 34.9. The van der Waals surface area contributed by atoms with Crippen LogP contribution in [0.4, 0.5) is 5.95 Å². The van der Waals surface area contributed by atoms with Gasteiger partial charge in [-0.05, 0) is 4.57 Å². The van der Waals surface area contributed by atoms with Gasteiger partial charge in [0, 0.05) is 12.3 Å². The number of carbonyl (C=O) groups excluding carboxylic acids is 1. The van der Waals surface area contributed by atoms with E-state index in [1.807, 2.05) is 0 Å². The van der Waals surface area contributed by atoms with Crippen LogP contribution < -0.4 is 10.9 Å². The fourth-order valence-electron chi connectivity index (χ4n) is 2.72. The molecule has 4 atom stereocenters. The van der Waals surface area contributed by atoms with E-state index in [-0.39, 0.29) is 42.0 Å². The quantitative estimate of drug-likeness (QED) is 0.402. The predicted molar refractivity (Wildman–Crippen MR) is 98.7 cm³/mol. The Balaban J connectivity index is 2.01. The number of anilines is 1. The van der Waals surface area contributed by atoms with Gasteiger partial charge in [0.25, 0.3) is 5.56 Å². The SMILES string of the molecule is CC(C)C(=O)Nc1nc2c(ncn2[C@@H]2O[C@H](CO)C[C@H]2O[P+](=O)S)c(=O)[nH]1. The van der Waals surface area contributed by atoms with Crippen molar-refractivity contribution in [3.63, 3.8) is 0 Å². The average Bonchev–Trinajstić information content (AvgIpc) is 3.18. The van der Waals surface area contributed by atoms with Crippen molar-refractivity contribution in [1.82, 2.24) is 19.5 Å². The summed E-state index contributed by atoms with van der Waals surface area (Å²) in [6.45, 7) is 3.16. The number of carbonyl (C=O) groups is 1. The Hall–Kier alpha value is -1.85. The fourth-order valence-corrected chi connectivity index (χ4v) is 3.51. The number of aromatic nitrogens is 4. The number of aromatic amines is 1. The van der Waals surface area contributed by atoms with Crippen LogP contribution in [0.25, 0.3) is 11.2 Å². The van der Waals surface area contributed by atoms with Crippen molar-refractivity contribution >= 4 is 42.5 Å². The lowest BCUT2D eigenvalue weighted by molar-refractivity contribution is -0.118. The van der Waals surface area contributed by atoms with Crippen LogP contribution in [0.2, 0.25) is 0 Å². The summed E-state index contributed by atoms with van der Waals surface area (Å²) in [5.74, 6) is -0.638. The van der Waals surface area contributed by atoms with Gasteiger partial charge in [0.2, 0.25) is 11.9 Å². The minimum absolute atomic E-state index is 0.0256. The second kappa shape index (κ2) is 8.03. The minimum Gasteiger partial charge on any atom is -0.394 e. The van der Waals surface area contributed by atoms with Crippen molar-refractivity contribution in [2.75, 3.05) is 11.9 Å². The van der Waals surface area contributed by atoms with Gasteiger partial charge in [0.15, 0.2) is 23.5 Å². The number of amides is 1. The molecular formula is C14H19N5O6PS+. The molecule has 1 saturated heterocycles. The lowest BCUT2D eigenvalue weighted by atomic mass is 10.2. The van der Waals surface area contributed by atoms with E-state index in [9.17, 15) is 19.3 Å². The summed E-state index contributed by atoms with van der Waals surface area (Å²) in [5, 5.41) is 11.9. The molecule has 3 N–H and O–H groups in total. The van der Waals surface area contributed by atoms with Crippen molar-refractivity contribution in [3.05, 3.63) is 16.7 Å². The Morgan fingerprint density at radius 1 is 1.63 bits per heavy atom. The predicted octanol–water partition coefficient (Wildman–Crippen LogP) is 0.966. The Morgan fingerprint density at radius 3 is 3.00 bits per heavy atom. The molecule has 146 valence electrons. The molecule has 27 heavy (non-hydrogen) atoms. The van der Waals surface area contributed by atoms with Gasteiger partial charge in [-0.15, -0.1) is 4.52 Å². The molecule has 0 aliphatic carbocycles. The second-order valence-electron chi connectivity index (χ2n) is 6.33. The fraction of sp³-hybridized carbons (Fsp3) is 0.571. The molecule has 1 aliphatic rings. The lowest BCUT2D eigenvalue weighted by Gasteiger charge is -2.16. The monoisotopic (exact) mass is 416 g/mol. The highest BCUT2D eigenvalue weighted by Gasteiger charge is 2.42. The van der Waals surface area contributed by atoms with E-state index in [0.29, 0.717) is 0 Å². The molecule has 1 aliphatic heterocycles. The third-order valence-corrected chi connectivity index (χ3v) is 4.78. The van der Waals surface area contributed by atoms with E-state index >= 15 is 0 Å². The number of fused-ring (bicyclic) bond motifs is 1. The Morgan fingerprint density at radius 2 is 2.37 bits per heavy atom. The number of thiol groups is 1. The van der Waals surface area contributed by atoms with Crippen LogP contribution in [0, 0.1) is 5.92 Å². The van der Waals surface area contributed by atoms with Crippen LogP contribution >= 0.6 is 19.5 Å². The smallest absolute Gasteiger partial charge is 0.394 e. The molecule has 2 aromatic heterocycles. The highest BCUT2D eigenvalue weighted by atomic mass is 32.7. The summed E-state index contributed by atoms with van der Waals surface area (Å²) in [6, 6.07) is 0. The van der Waals surface area contributed by atoms with E-state index in [0.717, 1.165) is 0 Å². The molecule has 0 bridgehead atoms. The molecule has 0 aromatic carbocycles. The summed E-state index contributed by atoms with van der Waals surface area (Å²) in [6.07, 6.45) is -0.421. The van der Waals surface area contributed by atoms with Gasteiger partial charge in [0.1, 0.15) is 12.2 Å². The van der Waals surface area contributed by atoms with Gasteiger partial charge in [-0.1, -0.05) is 13.8 Å². The first-order chi connectivity index (χ1) is 12.8. The number of hydrogen-bond donors (Lipinski definition) is 4. The maximum atomic E-state index is 12.3. The van der Waals surface area contributed by atoms with Crippen LogP contribution in [0.3, 0.4) is 0 Å². The molecule has 0 spiro atoms. The zero-order chi connectivity index (χ0) is 19.7. The number of hydrogen-bond acceptors (Lipinski definition) is 8. The molecular weight excluding hydrogens is 397 g/mol. The Kier molecular flexibility index (Phi) is 5.92. The van der Waals surface area contributed by atoms with E-state index in [2.05, 4.69) is 32.5 Å². The summed E-state index contributed by atoms with van der Waals surface area (Å²) in [5.41, 5.74) is -0.334. The summed E-state index contributed by atoms with van der Waals surface area (Å²) in [7, 11) is -2.21. The first-order valence-corrected chi connectivity index (χ1v) is 10.5. The molecule has 11 nitrogen and oxygen atoms in total. The number of nitrogens with zero attached hydrogens (tertiary/aromatic N) is 3. The summed E-state index contributed by atoms with van der Waals surface area (Å²) < 4.78 is 23.9. The van der Waals surface area contributed by atoms with Gasteiger partial charge in [-0.3, -0.25) is 24.5 Å². The zero-order valence-corrected chi connectivity index (χ0v) is 16.3. The normalized spacial score (nSPS) is 23.1. The molecule has 3 heterocycles. The van der Waals surface area contributed by atoms with Crippen molar-refractivity contribution in [3.8, 4) is 0 Å². The minimum atomic E-state index is -2.21. The van der Waals surface area contributed by atoms with Gasteiger partial charge in [-0.25, -0.2) is 4.98 Å². The van der Waals surface area contributed by atoms with Crippen LogP contribution in [0.1, 0.15) is 26.5 Å². The highest BCUT2D eigenvalue weighted by Crippen LogP contribution is 2.40. The number of nitrogens with one attached hydrogen (secondary N) is 2. The number of imidazole rings is 1. The molecule has 0 saturated carbocycles. The number of aliphatic hydroxyl groups excluding tert-OH is 1. The number of ether oxygens (including phenoxy) is 1. The van der Waals surface area contributed by atoms with Crippen molar-refractivity contribution in [2.24, 2.45) is 5.92 Å². The lowest BCUT2D eigenvalue weighted by Crippen LogP contribution is -2.24. The molecule has 13 heteroatoms. The van der Waals surface area contributed by atoms with Crippen LogP contribution in [-0.4, -0.2) is 49.3 Å². The zero-order valence-electron chi connectivity index (χ0n) is 14.5. The third-order valence-electron chi connectivity index (χ3n) is 4.05. The van der Waals surface area contributed by atoms with E-state index in [1.54, 1.807) is 13.8 Å². The first kappa shape index (κ1) is 19.9. The van der Waals surface area contributed by atoms with E-state index < -0.39 is 31.2 Å². The van der Waals surface area contributed by atoms with Crippen molar-refractivity contribution in [2.45, 2.75) is 38.7 Å². The van der Waals surface area contributed by atoms with Crippen LogP contribution in [0.15, 0.2) is 11.1 Å². The van der Waals surface area contributed by atoms with Crippen LogP contribution in [0.5, 0.6) is 0 Å². The van der Waals surface area contributed by atoms with Crippen LogP contribution in [-0.2, 0) is 18.6 Å². The van der Waals surface area contributed by atoms with E-state index in [4.69, 9.17) is 9.26 Å². The number of aliphatic hydroxyl groups is 1. The Labute approximate surface area is 159 Å². The topological polar surface area (TPSA) is 148 Å². The molecule has 3 rings (SSSR count). The highest BCUT2D eigenvalue weighted by molar-refractivity contribution is 8.39. The number of rotatable bonds is 6. The third kappa shape index (κ3) is 4.19. The maximum absolute atomic E-state index is 12.3. The van der Waals surface area contributed by atoms with Gasteiger partial charge in [-0.2, -0.15) is 4.98 Å². The standard InChI is InChI=1S/C14H18N5O6PS/c1-6(2)11(21)17-14-16-10-9(12(22)18-14)15-5-19(10)13-8(25-26(23)27)3-7(4-20)24-13/h5-8,13,20H,3-4H2,1-2H3,(H2-,16,17,18,21,22,23,27)/p+1/t7-,8+,13+/m0/s1. The number of H-pyrrole nitrogens is 1. The largest absolute Gasteiger partial charge is 0.582 e. The van der Waals surface area contributed by atoms with Crippen molar-refractivity contribution in [1.29, 1.82) is 0 Å². The average molecular weight is 416 g/mol. The van der Waals surface area contributed by atoms with E-state index in [1.165, 1.54) is 10.9 Å². The van der Waals surface area contributed by atoms with Crippen molar-refractivity contribution < 1.29 is 23.7 Å². The van der Waals surface area contributed by atoms with Gasteiger partial charge in [0.05, 0.1) is 19.0 Å². The molecule has 1 unspecified atom stereocenters. The molecule has 1 amide bonds. The van der Waals surface area contributed by atoms with Gasteiger partial charge < -0.3 is 9.84 Å². The second-order valence-corrected chi connectivity index (χ2v) is 8.00. The molecule has 2 aromatic rings. The molecule has 1 fully saturated rings. The maximum Gasteiger partial charge on any atom is 0.582 e.